The molecule has 0 saturated carbocycles. The van der Waals surface area contributed by atoms with E-state index in [1.165, 1.54) is 0 Å². The van der Waals surface area contributed by atoms with Gasteiger partial charge in [-0.3, -0.25) is 4.98 Å². The van der Waals surface area contributed by atoms with Crippen molar-refractivity contribution in [2.24, 2.45) is 0 Å². The van der Waals surface area contributed by atoms with Gasteiger partial charge in [0.05, 0.1) is 12.6 Å². The molecule has 6 nitrogen and oxygen atoms in total. The fraction of sp³-hybridized carbons (Fsp3) is 0.368. The van der Waals surface area contributed by atoms with Gasteiger partial charge in [-0.2, -0.15) is 0 Å². The second-order valence-corrected chi connectivity index (χ2v) is 6.36. The number of aromatic nitrogens is 1. The van der Waals surface area contributed by atoms with Gasteiger partial charge in [0.15, 0.2) is 0 Å². The number of nitrogens with zero attached hydrogens (tertiary/aromatic N) is 3. The quantitative estimate of drug-likeness (QED) is 0.914. The zero-order valence-electron chi connectivity index (χ0n) is 14.1. The summed E-state index contributed by atoms with van der Waals surface area (Å²) >= 11 is 0. The van der Waals surface area contributed by atoms with E-state index in [1.54, 1.807) is 12.4 Å². The minimum absolute atomic E-state index is 0.0103. The van der Waals surface area contributed by atoms with Crippen LogP contribution in [0.25, 0.3) is 0 Å². The minimum Gasteiger partial charge on any atom is -0.493 e. The van der Waals surface area contributed by atoms with Gasteiger partial charge >= 0.3 is 6.03 Å². The number of amides is 2. The van der Waals surface area contributed by atoms with Crippen LogP contribution >= 0.6 is 0 Å². The lowest BCUT2D eigenvalue weighted by atomic mass is 10.0. The Hall–Kier alpha value is -2.76. The number of pyridine rings is 1. The summed E-state index contributed by atoms with van der Waals surface area (Å²) in [7, 11) is 0. The monoisotopic (exact) mass is 338 g/mol. The number of carbonyl (C=O) groups excluding carboxylic acids is 1. The average Bonchev–Trinajstić information content (AvgIpc) is 2.69. The molecule has 1 aromatic heterocycles. The van der Waals surface area contributed by atoms with Crippen LogP contribution in [0.15, 0.2) is 48.8 Å². The molecule has 0 unspecified atom stereocenters. The number of benzene rings is 1. The fourth-order valence-corrected chi connectivity index (χ4v) is 3.45. The van der Waals surface area contributed by atoms with Crippen LogP contribution < -0.4 is 15.0 Å². The molecular formula is C19H22N4O2. The predicted octanol–water partition coefficient (Wildman–Crippen LogP) is 2.44. The first-order valence-corrected chi connectivity index (χ1v) is 8.73. The van der Waals surface area contributed by atoms with E-state index in [9.17, 15) is 4.79 Å². The molecule has 2 amide bonds. The Morgan fingerprint density at radius 2 is 1.84 bits per heavy atom. The van der Waals surface area contributed by atoms with Gasteiger partial charge in [-0.05, 0) is 18.2 Å². The molecule has 130 valence electrons. The van der Waals surface area contributed by atoms with Crippen LogP contribution in [-0.2, 0) is 0 Å². The number of carbonyl (C=O) groups is 1. The molecule has 1 N–H and O–H groups in total. The van der Waals surface area contributed by atoms with Gasteiger partial charge in [0.1, 0.15) is 5.75 Å². The van der Waals surface area contributed by atoms with E-state index in [1.807, 2.05) is 41.3 Å². The van der Waals surface area contributed by atoms with Crippen molar-refractivity contribution in [2.75, 3.05) is 37.7 Å². The molecule has 1 saturated heterocycles. The molecule has 25 heavy (non-hydrogen) atoms. The van der Waals surface area contributed by atoms with Crippen molar-refractivity contribution in [2.45, 2.75) is 12.5 Å². The lowest BCUT2D eigenvalue weighted by Gasteiger charge is -2.37. The van der Waals surface area contributed by atoms with Crippen LogP contribution in [0.5, 0.6) is 5.75 Å². The predicted molar refractivity (Wildman–Crippen MR) is 95.8 cm³/mol. The summed E-state index contributed by atoms with van der Waals surface area (Å²) in [4.78, 5) is 20.9. The maximum absolute atomic E-state index is 12.7. The van der Waals surface area contributed by atoms with E-state index >= 15 is 0 Å². The van der Waals surface area contributed by atoms with Gasteiger partial charge < -0.3 is 19.9 Å². The summed E-state index contributed by atoms with van der Waals surface area (Å²) in [5, 5.41) is 3.18. The smallest absolute Gasteiger partial charge is 0.318 e. The third-order valence-electron chi connectivity index (χ3n) is 4.85. The zero-order valence-corrected chi connectivity index (χ0v) is 14.1. The number of hydrogen-bond acceptors (Lipinski definition) is 4. The topological polar surface area (TPSA) is 57.7 Å². The summed E-state index contributed by atoms with van der Waals surface area (Å²) in [5.74, 6) is 0.876. The van der Waals surface area contributed by atoms with Gasteiger partial charge in [-0.25, -0.2) is 4.79 Å². The highest BCUT2D eigenvalue weighted by atomic mass is 16.5. The van der Waals surface area contributed by atoms with Crippen molar-refractivity contribution in [3.8, 4) is 5.75 Å². The van der Waals surface area contributed by atoms with Crippen molar-refractivity contribution in [1.82, 2.24) is 15.2 Å². The molecular weight excluding hydrogens is 316 g/mol. The standard InChI is InChI=1S/C19H22N4O2/c24-19(21-17-7-14-25-18-4-2-1-3-16(17)18)23-12-10-22(11-13-23)15-5-8-20-9-6-15/h1-6,8-9,17H,7,10-14H2,(H,21,24)/t17-/m1/s1. The maximum atomic E-state index is 12.7. The molecule has 0 spiro atoms. The molecule has 0 aliphatic carbocycles. The van der Waals surface area contributed by atoms with Crippen LogP contribution in [0.1, 0.15) is 18.0 Å². The van der Waals surface area contributed by atoms with Crippen molar-refractivity contribution >= 4 is 11.7 Å². The molecule has 6 heteroatoms. The van der Waals surface area contributed by atoms with Crippen LogP contribution in [0.3, 0.4) is 0 Å². The molecule has 3 heterocycles. The molecule has 4 rings (SSSR count). The third kappa shape index (κ3) is 3.38. The minimum atomic E-state index is 0.0103. The number of ether oxygens (including phenoxy) is 1. The van der Waals surface area contributed by atoms with E-state index < -0.39 is 0 Å². The molecule has 0 radical (unpaired) electrons. The Morgan fingerprint density at radius 3 is 2.64 bits per heavy atom. The number of piperazine rings is 1. The molecule has 1 aromatic carbocycles. The Kier molecular flexibility index (Phi) is 4.41. The van der Waals surface area contributed by atoms with Gasteiger partial charge in [0.25, 0.3) is 0 Å². The van der Waals surface area contributed by atoms with E-state index in [0.29, 0.717) is 6.61 Å². The van der Waals surface area contributed by atoms with Gasteiger partial charge in [0, 0.05) is 56.2 Å². The first-order chi connectivity index (χ1) is 12.3. The number of anilines is 1. The number of rotatable bonds is 2. The average molecular weight is 338 g/mol. The van der Waals surface area contributed by atoms with Crippen LogP contribution in [0.2, 0.25) is 0 Å². The van der Waals surface area contributed by atoms with Crippen molar-refractivity contribution in [3.05, 3.63) is 54.4 Å². The van der Waals surface area contributed by atoms with E-state index in [4.69, 9.17) is 4.74 Å². The van der Waals surface area contributed by atoms with Gasteiger partial charge in [0.2, 0.25) is 0 Å². The first kappa shape index (κ1) is 15.7. The summed E-state index contributed by atoms with van der Waals surface area (Å²) < 4.78 is 5.67. The molecule has 0 bridgehead atoms. The SMILES string of the molecule is O=C(N[C@@H]1CCOc2ccccc21)N1CCN(c2ccncc2)CC1. The number of fused-ring (bicyclic) bond motifs is 1. The number of hydrogen-bond donors (Lipinski definition) is 1. The Labute approximate surface area is 147 Å². The van der Waals surface area contributed by atoms with E-state index in [-0.39, 0.29) is 12.1 Å². The molecule has 2 aliphatic heterocycles. The Bertz CT molecular complexity index is 729. The Morgan fingerprint density at radius 1 is 1.08 bits per heavy atom. The van der Waals surface area contributed by atoms with E-state index in [2.05, 4.69) is 15.2 Å². The highest BCUT2D eigenvalue weighted by molar-refractivity contribution is 5.75. The van der Waals surface area contributed by atoms with Gasteiger partial charge in [-0.1, -0.05) is 18.2 Å². The molecule has 2 aromatic rings. The molecule has 1 atom stereocenters. The van der Waals surface area contributed by atoms with Crippen LogP contribution in [0.4, 0.5) is 10.5 Å². The molecule has 1 fully saturated rings. The van der Waals surface area contributed by atoms with Crippen molar-refractivity contribution in [1.29, 1.82) is 0 Å². The maximum Gasteiger partial charge on any atom is 0.318 e. The largest absolute Gasteiger partial charge is 0.493 e. The normalized spacial score (nSPS) is 19.8. The summed E-state index contributed by atoms with van der Waals surface area (Å²) in [6.45, 7) is 3.75. The third-order valence-corrected chi connectivity index (χ3v) is 4.85. The fourth-order valence-electron chi connectivity index (χ4n) is 3.45. The number of nitrogens with one attached hydrogen (secondary N) is 1. The molecule has 2 aliphatic rings. The van der Waals surface area contributed by atoms with E-state index in [0.717, 1.165) is 49.6 Å². The first-order valence-electron chi connectivity index (χ1n) is 8.73. The summed E-state index contributed by atoms with van der Waals surface area (Å²) in [5.41, 5.74) is 2.23. The highest BCUT2D eigenvalue weighted by Gasteiger charge is 2.26. The summed E-state index contributed by atoms with van der Waals surface area (Å²) in [6.07, 6.45) is 4.41. The second-order valence-electron chi connectivity index (χ2n) is 6.36. The zero-order chi connectivity index (χ0) is 17.1. The number of para-hydroxylation sites is 1. The Balaban J connectivity index is 1.36. The van der Waals surface area contributed by atoms with Crippen molar-refractivity contribution in [3.63, 3.8) is 0 Å². The number of urea groups is 1. The summed E-state index contributed by atoms with van der Waals surface area (Å²) in [6, 6.07) is 12.0. The van der Waals surface area contributed by atoms with Crippen LogP contribution in [-0.4, -0.2) is 48.7 Å². The van der Waals surface area contributed by atoms with Crippen LogP contribution in [0, 0.1) is 0 Å². The highest BCUT2D eigenvalue weighted by Crippen LogP contribution is 2.31. The van der Waals surface area contributed by atoms with Crippen molar-refractivity contribution < 1.29 is 9.53 Å². The lowest BCUT2D eigenvalue weighted by molar-refractivity contribution is 0.183. The lowest BCUT2D eigenvalue weighted by Crippen LogP contribution is -2.52. The van der Waals surface area contributed by atoms with Gasteiger partial charge in [-0.15, -0.1) is 0 Å². The second kappa shape index (κ2) is 7.01.